The molecule has 0 aliphatic rings. The molecule has 0 fully saturated rings. The lowest BCUT2D eigenvalue weighted by molar-refractivity contribution is 0.760. The third-order valence-corrected chi connectivity index (χ3v) is 4.03. The average Bonchev–Trinajstić information content (AvgIpc) is 3.02. The Morgan fingerprint density at radius 1 is 0.870 bits per heavy atom. The number of nitrogens with zero attached hydrogens (tertiary/aromatic N) is 1. The van der Waals surface area contributed by atoms with Gasteiger partial charge < -0.3 is 9.55 Å². The summed E-state index contributed by atoms with van der Waals surface area (Å²) in [4.78, 5) is 15.7. The Kier molecular flexibility index (Phi) is 3.31. The highest BCUT2D eigenvalue weighted by molar-refractivity contribution is 5.85. The van der Waals surface area contributed by atoms with Gasteiger partial charge in [-0.05, 0) is 23.8 Å². The molecule has 0 bridgehead atoms. The fourth-order valence-electron chi connectivity index (χ4n) is 2.81. The van der Waals surface area contributed by atoms with Crippen LogP contribution in [0.1, 0.15) is 5.56 Å². The summed E-state index contributed by atoms with van der Waals surface area (Å²) in [5.74, 6) is 0. The van der Waals surface area contributed by atoms with Crippen LogP contribution in [0, 0.1) is 0 Å². The number of rotatable bonds is 3. The van der Waals surface area contributed by atoms with Crippen LogP contribution < -0.4 is 5.56 Å². The molecule has 4 rings (SSSR count). The summed E-state index contributed by atoms with van der Waals surface area (Å²) >= 11 is 0. The fourth-order valence-corrected chi connectivity index (χ4v) is 2.81. The van der Waals surface area contributed by atoms with Gasteiger partial charge >= 0.3 is 0 Å². The number of benzene rings is 2. The van der Waals surface area contributed by atoms with E-state index in [2.05, 4.69) is 17.1 Å². The number of pyridine rings is 1. The number of nitrogens with one attached hydrogen (secondary N) is 1. The van der Waals surface area contributed by atoms with E-state index in [1.54, 1.807) is 10.6 Å². The number of hydrogen-bond acceptors (Lipinski definition) is 1. The summed E-state index contributed by atoms with van der Waals surface area (Å²) in [6, 6.07) is 23.9. The number of aromatic nitrogens is 2. The van der Waals surface area contributed by atoms with Crippen LogP contribution >= 0.6 is 0 Å². The minimum absolute atomic E-state index is 0.00464. The average molecular weight is 300 g/mol. The zero-order valence-corrected chi connectivity index (χ0v) is 12.6. The lowest BCUT2D eigenvalue weighted by Gasteiger charge is -2.06. The Morgan fingerprint density at radius 3 is 2.43 bits per heavy atom. The second-order valence-electron chi connectivity index (χ2n) is 5.64. The van der Waals surface area contributed by atoms with E-state index in [0.29, 0.717) is 6.54 Å². The van der Waals surface area contributed by atoms with E-state index < -0.39 is 0 Å². The monoisotopic (exact) mass is 300 g/mol. The zero-order chi connectivity index (χ0) is 15.6. The summed E-state index contributed by atoms with van der Waals surface area (Å²) in [7, 11) is 0. The molecule has 0 amide bonds. The van der Waals surface area contributed by atoms with Crippen molar-refractivity contribution >= 4 is 10.9 Å². The van der Waals surface area contributed by atoms with Crippen molar-refractivity contribution < 1.29 is 0 Å². The SMILES string of the molecule is O=c1cc(-c2cc3ccccc3[nH]2)ccn1Cc1ccccc1. The van der Waals surface area contributed by atoms with Crippen molar-refractivity contribution in [2.24, 2.45) is 0 Å². The second kappa shape index (κ2) is 5.61. The van der Waals surface area contributed by atoms with E-state index in [1.165, 1.54) is 0 Å². The highest BCUT2D eigenvalue weighted by Crippen LogP contribution is 2.22. The van der Waals surface area contributed by atoms with Crippen LogP contribution in [0.15, 0.2) is 83.8 Å². The molecule has 4 aromatic rings. The highest BCUT2D eigenvalue weighted by Gasteiger charge is 2.05. The van der Waals surface area contributed by atoms with Crippen molar-refractivity contribution in [3.05, 3.63) is 94.9 Å². The quantitative estimate of drug-likeness (QED) is 0.609. The molecule has 2 aromatic carbocycles. The van der Waals surface area contributed by atoms with Gasteiger partial charge in [-0.15, -0.1) is 0 Å². The van der Waals surface area contributed by atoms with Crippen molar-refractivity contribution in [2.75, 3.05) is 0 Å². The van der Waals surface area contributed by atoms with Crippen molar-refractivity contribution in [2.45, 2.75) is 6.54 Å². The van der Waals surface area contributed by atoms with Crippen LogP contribution in [0.2, 0.25) is 0 Å². The molecule has 0 unspecified atom stereocenters. The molecule has 0 aliphatic heterocycles. The molecule has 0 atom stereocenters. The van der Waals surface area contributed by atoms with Gasteiger partial charge in [0.05, 0.1) is 6.54 Å². The van der Waals surface area contributed by atoms with E-state index in [-0.39, 0.29) is 5.56 Å². The highest BCUT2D eigenvalue weighted by atomic mass is 16.1. The fraction of sp³-hybridized carbons (Fsp3) is 0.0500. The van der Waals surface area contributed by atoms with Crippen molar-refractivity contribution in [3.8, 4) is 11.3 Å². The second-order valence-corrected chi connectivity index (χ2v) is 5.64. The van der Waals surface area contributed by atoms with Crippen LogP contribution in [-0.2, 0) is 6.54 Å². The molecule has 3 nitrogen and oxygen atoms in total. The molecular weight excluding hydrogens is 284 g/mol. The summed E-state index contributed by atoms with van der Waals surface area (Å²) < 4.78 is 1.72. The van der Waals surface area contributed by atoms with Gasteiger partial charge in [-0.25, -0.2) is 0 Å². The Bertz CT molecular complexity index is 979. The predicted octanol–water partition coefficient (Wildman–Crippen LogP) is 4.04. The third kappa shape index (κ3) is 2.69. The molecule has 0 spiro atoms. The van der Waals surface area contributed by atoms with Gasteiger partial charge in [-0.1, -0.05) is 48.5 Å². The standard InChI is InChI=1S/C20H16N2O/c23-20-13-17(19-12-16-8-4-5-9-18(16)21-19)10-11-22(20)14-15-6-2-1-3-7-15/h1-13,21H,14H2. The van der Waals surface area contributed by atoms with Crippen LogP contribution in [0.25, 0.3) is 22.2 Å². The minimum Gasteiger partial charge on any atom is -0.355 e. The number of aromatic amines is 1. The Morgan fingerprint density at radius 2 is 1.65 bits per heavy atom. The summed E-state index contributed by atoms with van der Waals surface area (Å²) in [6.07, 6.45) is 1.86. The van der Waals surface area contributed by atoms with Gasteiger partial charge in [0.2, 0.25) is 0 Å². The summed E-state index contributed by atoms with van der Waals surface area (Å²) in [6.45, 7) is 0.590. The smallest absolute Gasteiger partial charge is 0.251 e. The molecule has 112 valence electrons. The Balaban J connectivity index is 1.69. The Hall–Kier alpha value is -3.07. The third-order valence-electron chi connectivity index (χ3n) is 4.03. The molecule has 3 heteroatoms. The summed E-state index contributed by atoms with van der Waals surface area (Å²) in [5.41, 5.74) is 4.08. The van der Waals surface area contributed by atoms with E-state index in [4.69, 9.17) is 0 Å². The van der Waals surface area contributed by atoms with Gasteiger partial charge in [0.1, 0.15) is 0 Å². The molecule has 2 heterocycles. The lowest BCUT2D eigenvalue weighted by atomic mass is 10.1. The number of para-hydroxylation sites is 1. The Labute approximate surface area is 133 Å². The van der Waals surface area contributed by atoms with E-state index in [1.807, 2.05) is 60.8 Å². The topological polar surface area (TPSA) is 37.8 Å². The molecule has 0 aliphatic carbocycles. The van der Waals surface area contributed by atoms with Gasteiger partial charge in [0.25, 0.3) is 5.56 Å². The normalized spacial score (nSPS) is 11.0. The molecule has 23 heavy (non-hydrogen) atoms. The van der Waals surface area contributed by atoms with Crippen LogP contribution in [0.5, 0.6) is 0 Å². The van der Waals surface area contributed by atoms with Crippen molar-refractivity contribution in [3.63, 3.8) is 0 Å². The zero-order valence-electron chi connectivity index (χ0n) is 12.6. The maximum absolute atomic E-state index is 12.4. The van der Waals surface area contributed by atoms with Crippen molar-refractivity contribution in [1.82, 2.24) is 9.55 Å². The van der Waals surface area contributed by atoms with Crippen LogP contribution in [0.4, 0.5) is 0 Å². The summed E-state index contributed by atoms with van der Waals surface area (Å²) in [5, 5.41) is 1.15. The van der Waals surface area contributed by atoms with E-state index >= 15 is 0 Å². The number of H-pyrrole nitrogens is 1. The first-order valence-corrected chi connectivity index (χ1v) is 7.62. The predicted molar refractivity (Wildman–Crippen MR) is 93.5 cm³/mol. The first kappa shape index (κ1) is 13.6. The van der Waals surface area contributed by atoms with E-state index in [0.717, 1.165) is 27.7 Å². The molecule has 1 N–H and O–H groups in total. The van der Waals surface area contributed by atoms with Crippen molar-refractivity contribution in [1.29, 1.82) is 0 Å². The minimum atomic E-state index is 0.00464. The molecule has 0 saturated carbocycles. The van der Waals surface area contributed by atoms with Gasteiger partial charge in [0, 0.05) is 34.4 Å². The largest absolute Gasteiger partial charge is 0.355 e. The maximum Gasteiger partial charge on any atom is 0.251 e. The van der Waals surface area contributed by atoms with Gasteiger partial charge in [0.15, 0.2) is 0 Å². The van der Waals surface area contributed by atoms with Gasteiger partial charge in [-0.2, -0.15) is 0 Å². The lowest BCUT2D eigenvalue weighted by Crippen LogP contribution is -2.19. The number of fused-ring (bicyclic) bond motifs is 1. The molecule has 2 aromatic heterocycles. The molecular formula is C20H16N2O. The first-order valence-electron chi connectivity index (χ1n) is 7.62. The van der Waals surface area contributed by atoms with Crippen LogP contribution in [0.3, 0.4) is 0 Å². The van der Waals surface area contributed by atoms with Crippen LogP contribution in [-0.4, -0.2) is 9.55 Å². The molecule has 0 saturated heterocycles. The van der Waals surface area contributed by atoms with E-state index in [9.17, 15) is 4.79 Å². The maximum atomic E-state index is 12.4. The number of hydrogen-bond donors (Lipinski definition) is 1. The first-order chi connectivity index (χ1) is 11.3. The van der Waals surface area contributed by atoms with Gasteiger partial charge in [-0.3, -0.25) is 4.79 Å². The molecule has 0 radical (unpaired) electrons.